The average Bonchev–Trinajstić information content (AvgIpc) is 2.83. The third-order valence-corrected chi connectivity index (χ3v) is 4.35. The van der Waals surface area contributed by atoms with Crippen LogP contribution in [0.5, 0.6) is 5.88 Å². The van der Waals surface area contributed by atoms with E-state index in [4.69, 9.17) is 4.74 Å². The van der Waals surface area contributed by atoms with Crippen LogP contribution in [-0.2, 0) is 10.2 Å². The first-order chi connectivity index (χ1) is 8.53. The van der Waals surface area contributed by atoms with Crippen LogP contribution in [0.4, 0.5) is 5.69 Å². The first kappa shape index (κ1) is 13.1. The maximum atomic E-state index is 12.1. The minimum absolute atomic E-state index is 0.281. The molecule has 1 saturated heterocycles. The second-order valence-electron chi connectivity index (χ2n) is 4.28. The lowest BCUT2D eigenvalue weighted by atomic mass is 10.3. The number of hydrogen-bond donors (Lipinski definition) is 1. The van der Waals surface area contributed by atoms with Crippen LogP contribution >= 0.6 is 0 Å². The Kier molecular flexibility index (Phi) is 3.72. The lowest BCUT2D eigenvalue weighted by molar-refractivity contribution is 0.399. The van der Waals surface area contributed by atoms with Crippen molar-refractivity contribution < 1.29 is 13.2 Å². The molecule has 0 bridgehead atoms. The molecule has 1 aliphatic heterocycles. The SMILES string of the molecule is COc1ncc(C)cc1NS(=O)(=O)N1CCCC1. The molecule has 2 heterocycles. The quantitative estimate of drug-likeness (QED) is 0.891. The van der Waals surface area contributed by atoms with Gasteiger partial charge in [-0.2, -0.15) is 12.7 Å². The highest BCUT2D eigenvalue weighted by molar-refractivity contribution is 7.90. The Morgan fingerprint density at radius 2 is 2.06 bits per heavy atom. The van der Waals surface area contributed by atoms with Crippen LogP contribution in [-0.4, -0.2) is 37.9 Å². The average molecular weight is 271 g/mol. The summed E-state index contributed by atoms with van der Waals surface area (Å²) in [6.45, 7) is 2.98. The van der Waals surface area contributed by atoms with Crippen molar-refractivity contribution in [3.05, 3.63) is 17.8 Å². The zero-order valence-electron chi connectivity index (χ0n) is 10.5. The highest BCUT2D eigenvalue weighted by Crippen LogP contribution is 2.25. The second kappa shape index (κ2) is 5.11. The number of rotatable bonds is 4. The summed E-state index contributed by atoms with van der Waals surface area (Å²) in [5, 5.41) is 0. The second-order valence-corrected chi connectivity index (χ2v) is 5.95. The molecule has 1 aliphatic rings. The van der Waals surface area contributed by atoms with Crippen molar-refractivity contribution in [2.24, 2.45) is 0 Å². The summed E-state index contributed by atoms with van der Waals surface area (Å²) >= 11 is 0. The topological polar surface area (TPSA) is 71.5 Å². The number of methoxy groups -OCH3 is 1. The zero-order chi connectivity index (χ0) is 13.2. The first-order valence-corrected chi connectivity index (χ1v) is 7.25. The van der Waals surface area contributed by atoms with Crippen molar-refractivity contribution in [3.63, 3.8) is 0 Å². The fraction of sp³-hybridized carbons (Fsp3) is 0.545. The van der Waals surface area contributed by atoms with Crippen LogP contribution in [0.1, 0.15) is 18.4 Å². The highest BCUT2D eigenvalue weighted by Gasteiger charge is 2.26. The zero-order valence-corrected chi connectivity index (χ0v) is 11.3. The maximum Gasteiger partial charge on any atom is 0.301 e. The molecule has 2 rings (SSSR count). The monoisotopic (exact) mass is 271 g/mol. The number of nitrogens with zero attached hydrogens (tertiary/aromatic N) is 2. The Bertz CT molecular complexity index is 524. The van der Waals surface area contributed by atoms with Gasteiger partial charge in [-0.05, 0) is 31.4 Å². The molecule has 1 fully saturated rings. The van der Waals surface area contributed by atoms with Gasteiger partial charge in [0.05, 0.1) is 7.11 Å². The van der Waals surface area contributed by atoms with Crippen LogP contribution in [0.25, 0.3) is 0 Å². The van der Waals surface area contributed by atoms with Gasteiger partial charge in [-0.3, -0.25) is 4.72 Å². The number of hydrogen-bond acceptors (Lipinski definition) is 4. The van der Waals surface area contributed by atoms with E-state index in [1.165, 1.54) is 11.4 Å². The number of nitrogens with one attached hydrogen (secondary N) is 1. The Morgan fingerprint density at radius 1 is 1.39 bits per heavy atom. The third kappa shape index (κ3) is 2.73. The van der Waals surface area contributed by atoms with Gasteiger partial charge in [0.15, 0.2) is 0 Å². The molecule has 1 aromatic heterocycles. The summed E-state index contributed by atoms with van der Waals surface area (Å²) in [6.07, 6.45) is 3.45. The van der Waals surface area contributed by atoms with E-state index in [0.29, 0.717) is 18.8 Å². The summed E-state index contributed by atoms with van der Waals surface area (Å²) < 4.78 is 33.2. The summed E-state index contributed by atoms with van der Waals surface area (Å²) in [4.78, 5) is 4.04. The van der Waals surface area contributed by atoms with Crippen molar-refractivity contribution >= 4 is 15.9 Å². The molecule has 0 aromatic carbocycles. The van der Waals surface area contributed by atoms with E-state index >= 15 is 0 Å². The van der Waals surface area contributed by atoms with Gasteiger partial charge in [0, 0.05) is 19.3 Å². The van der Waals surface area contributed by atoms with Crippen LogP contribution in [0.3, 0.4) is 0 Å². The normalized spacial score (nSPS) is 16.8. The third-order valence-electron chi connectivity index (χ3n) is 2.83. The van der Waals surface area contributed by atoms with Crippen LogP contribution in [0.15, 0.2) is 12.3 Å². The fourth-order valence-electron chi connectivity index (χ4n) is 1.92. The van der Waals surface area contributed by atoms with Crippen molar-refractivity contribution in [2.45, 2.75) is 19.8 Å². The van der Waals surface area contributed by atoms with Gasteiger partial charge in [0.1, 0.15) is 5.69 Å². The molecule has 18 heavy (non-hydrogen) atoms. The molecular formula is C11H17N3O3S. The Labute approximate surface area is 107 Å². The molecule has 7 heteroatoms. The number of aryl methyl sites for hydroxylation is 1. The minimum atomic E-state index is -3.50. The molecule has 6 nitrogen and oxygen atoms in total. The van der Waals surface area contributed by atoms with E-state index in [0.717, 1.165) is 18.4 Å². The fourth-order valence-corrected chi connectivity index (χ4v) is 3.22. The molecule has 1 aromatic rings. The van der Waals surface area contributed by atoms with E-state index in [2.05, 4.69) is 9.71 Å². The van der Waals surface area contributed by atoms with Gasteiger partial charge >= 0.3 is 10.2 Å². The number of ether oxygens (including phenoxy) is 1. The van der Waals surface area contributed by atoms with Gasteiger partial charge < -0.3 is 4.74 Å². The number of aromatic nitrogens is 1. The predicted octanol–water partition coefficient (Wildman–Crippen LogP) is 1.15. The van der Waals surface area contributed by atoms with Crippen LogP contribution in [0, 0.1) is 6.92 Å². The molecule has 1 N–H and O–H groups in total. The van der Waals surface area contributed by atoms with Gasteiger partial charge in [-0.25, -0.2) is 4.98 Å². The van der Waals surface area contributed by atoms with E-state index in [-0.39, 0.29) is 5.88 Å². The van der Waals surface area contributed by atoms with E-state index < -0.39 is 10.2 Å². The molecular weight excluding hydrogens is 254 g/mol. The molecule has 0 amide bonds. The summed E-state index contributed by atoms with van der Waals surface area (Å²) in [5.74, 6) is 0.281. The Balaban J connectivity index is 2.25. The van der Waals surface area contributed by atoms with Crippen molar-refractivity contribution in [1.29, 1.82) is 0 Å². The standard InChI is InChI=1S/C11H17N3O3S/c1-9-7-10(11(17-2)12-8-9)13-18(15,16)14-5-3-4-6-14/h7-8,13H,3-6H2,1-2H3. The largest absolute Gasteiger partial charge is 0.479 e. The first-order valence-electron chi connectivity index (χ1n) is 5.81. The van der Waals surface area contributed by atoms with E-state index in [1.54, 1.807) is 12.3 Å². The Hall–Kier alpha value is -1.34. The summed E-state index contributed by atoms with van der Waals surface area (Å²) in [6, 6.07) is 1.71. The van der Waals surface area contributed by atoms with Gasteiger partial charge in [0.2, 0.25) is 5.88 Å². The van der Waals surface area contributed by atoms with E-state index in [1.807, 2.05) is 6.92 Å². The minimum Gasteiger partial charge on any atom is -0.479 e. The summed E-state index contributed by atoms with van der Waals surface area (Å²) in [5.41, 5.74) is 1.25. The molecule has 0 saturated carbocycles. The molecule has 0 aliphatic carbocycles. The van der Waals surface area contributed by atoms with Crippen LogP contribution in [0.2, 0.25) is 0 Å². The van der Waals surface area contributed by atoms with Gasteiger partial charge in [-0.15, -0.1) is 0 Å². The molecule has 100 valence electrons. The Morgan fingerprint density at radius 3 is 2.67 bits per heavy atom. The number of pyridine rings is 1. The van der Waals surface area contributed by atoms with Crippen molar-refractivity contribution in [2.75, 3.05) is 24.9 Å². The smallest absolute Gasteiger partial charge is 0.301 e. The lowest BCUT2D eigenvalue weighted by Crippen LogP contribution is -2.33. The summed E-state index contributed by atoms with van der Waals surface area (Å²) in [7, 11) is -2.04. The van der Waals surface area contributed by atoms with Gasteiger partial charge in [0.25, 0.3) is 0 Å². The van der Waals surface area contributed by atoms with Gasteiger partial charge in [-0.1, -0.05) is 0 Å². The van der Waals surface area contributed by atoms with Crippen molar-refractivity contribution in [1.82, 2.24) is 9.29 Å². The lowest BCUT2D eigenvalue weighted by Gasteiger charge is -2.18. The molecule has 0 spiro atoms. The molecule has 0 atom stereocenters. The predicted molar refractivity (Wildman–Crippen MR) is 68.9 cm³/mol. The molecule has 0 radical (unpaired) electrons. The van der Waals surface area contributed by atoms with Crippen LogP contribution < -0.4 is 9.46 Å². The van der Waals surface area contributed by atoms with E-state index in [9.17, 15) is 8.42 Å². The number of anilines is 1. The highest BCUT2D eigenvalue weighted by atomic mass is 32.2. The van der Waals surface area contributed by atoms with Crippen molar-refractivity contribution in [3.8, 4) is 5.88 Å². The molecule has 0 unspecified atom stereocenters. The maximum absolute atomic E-state index is 12.1.